The van der Waals surface area contributed by atoms with Gasteiger partial charge < -0.3 is 24.6 Å². The Labute approximate surface area is 192 Å². The van der Waals surface area contributed by atoms with Crippen molar-refractivity contribution in [3.8, 4) is 11.5 Å². The van der Waals surface area contributed by atoms with Gasteiger partial charge >= 0.3 is 0 Å². The van der Waals surface area contributed by atoms with Crippen molar-refractivity contribution in [3.63, 3.8) is 0 Å². The van der Waals surface area contributed by atoms with Gasteiger partial charge in [0.05, 0.1) is 19.8 Å². The molecule has 2 heterocycles. The number of benzene rings is 2. The quantitative estimate of drug-likeness (QED) is 0.626. The summed E-state index contributed by atoms with van der Waals surface area (Å²) in [5.41, 5.74) is 2.82. The first-order valence-electron chi connectivity index (χ1n) is 10.7. The van der Waals surface area contributed by atoms with E-state index in [-0.39, 0.29) is 11.8 Å². The average Bonchev–Trinajstić information content (AvgIpc) is 2.89. The van der Waals surface area contributed by atoms with Crippen LogP contribution < -0.4 is 19.7 Å². The Hall–Kier alpha value is -4.07. The predicted molar refractivity (Wildman–Crippen MR) is 126 cm³/mol. The first-order chi connectivity index (χ1) is 16.1. The van der Waals surface area contributed by atoms with Crippen LogP contribution in [0.4, 0.5) is 11.4 Å². The topological polar surface area (TPSA) is 84.0 Å². The van der Waals surface area contributed by atoms with E-state index in [1.165, 1.54) is 6.20 Å². The highest BCUT2D eigenvalue weighted by Gasteiger charge is 2.23. The number of anilines is 2. The minimum Gasteiger partial charge on any atom is -0.497 e. The molecule has 170 valence electrons. The van der Waals surface area contributed by atoms with Crippen molar-refractivity contribution >= 4 is 23.2 Å². The Kier molecular flexibility index (Phi) is 6.73. The van der Waals surface area contributed by atoms with Crippen LogP contribution in [0.15, 0.2) is 67.0 Å². The van der Waals surface area contributed by atoms with Crippen LogP contribution in [0.3, 0.4) is 0 Å². The minimum atomic E-state index is -0.197. The van der Waals surface area contributed by atoms with Crippen LogP contribution in [-0.4, -0.2) is 62.1 Å². The van der Waals surface area contributed by atoms with E-state index in [9.17, 15) is 9.59 Å². The highest BCUT2D eigenvalue weighted by Crippen LogP contribution is 2.25. The third kappa shape index (κ3) is 5.23. The summed E-state index contributed by atoms with van der Waals surface area (Å²) in [5.74, 6) is 0.941. The molecule has 1 fully saturated rings. The van der Waals surface area contributed by atoms with Crippen LogP contribution in [0, 0.1) is 0 Å². The van der Waals surface area contributed by atoms with Gasteiger partial charge in [0.1, 0.15) is 11.5 Å². The molecule has 0 aliphatic carbocycles. The molecule has 2 aromatic carbocycles. The zero-order chi connectivity index (χ0) is 23.2. The smallest absolute Gasteiger partial charge is 0.257 e. The summed E-state index contributed by atoms with van der Waals surface area (Å²) in [5, 5.41) is 2.88. The molecule has 0 unspecified atom stereocenters. The number of piperazine rings is 1. The molecule has 33 heavy (non-hydrogen) atoms. The van der Waals surface area contributed by atoms with Crippen LogP contribution in [0.25, 0.3) is 0 Å². The molecule has 1 aliphatic heterocycles. The van der Waals surface area contributed by atoms with Gasteiger partial charge in [-0.05, 0) is 48.5 Å². The maximum absolute atomic E-state index is 13.0. The standard InChI is InChI=1S/C25H26N4O4/c1-32-22-14-19(15-23(16-22)33-2)25(31)29-12-10-28(11-13-29)21-7-5-20(6-8-21)27-24(30)18-4-3-9-26-17-18/h3-9,14-17H,10-13H2,1-2H3,(H,27,30). The van der Waals surface area contributed by atoms with Gasteiger partial charge in [-0.2, -0.15) is 0 Å². The van der Waals surface area contributed by atoms with E-state index in [1.54, 1.807) is 50.7 Å². The van der Waals surface area contributed by atoms with E-state index in [0.717, 1.165) is 5.69 Å². The first-order valence-corrected chi connectivity index (χ1v) is 10.7. The Morgan fingerprint density at radius 1 is 0.879 bits per heavy atom. The van der Waals surface area contributed by atoms with Gasteiger partial charge in [-0.3, -0.25) is 14.6 Å². The van der Waals surface area contributed by atoms with Crippen LogP contribution in [-0.2, 0) is 0 Å². The van der Waals surface area contributed by atoms with Crippen molar-refractivity contribution in [2.45, 2.75) is 0 Å². The van der Waals surface area contributed by atoms with Crippen molar-refractivity contribution in [3.05, 3.63) is 78.1 Å². The van der Waals surface area contributed by atoms with Crippen molar-refractivity contribution in [1.82, 2.24) is 9.88 Å². The Morgan fingerprint density at radius 2 is 1.55 bits per heavy atom. The molecular formula is C25H26N4O4. The van der Waals surface area contributed by atoms with E-state index in [0.29, 0.717) is 54.5 Å². The summed E-state index contributed by atoms with van der Waals surface area (Å²) >= 11 is 0. The predicted octanol–water partition coefficient (Wildman–Crippen LogP) is 3.31. The number of methoxy groups -OCH3 is 2. The lowest BCUT2D eigenvalue weighted by Crippen LogP contribution is -2.48. The van der Waals surface area contributed by atoms with Gasteiger partial charge in [-0.1, -0.05) is 0 Å². The summed E-state index contributed by atoms with van der Waals surface area (Å²) in [7, 11) is 3.13. The number of aromatic nitrogens is 1. The molecule has 2 amide bonds. The number of ether oxygens (including phenoxy) is 2. The molecule has 0 saturated carbocycles. The summed E-state index contributed by atoms with van der Waals surface area (Å²) in [6.45, 7) is 2.65. The molecule has 0 atom stereocenters. The third-order valence-corrected chi connectivity index (χ3v) is 5.58. The van der Waals surface area contributed by atoms with Crippen LogP contribution in [0.2, 0.25) is 0 Å². The number of hydrogen-bond acceptors (Lipinski definition) is 6. The second-order valence-electron chi connectivity index (χ2n) is 7.62. The van der Waals surface area contributed by atoms with Gasteiger partial charge in [0.15, 0.2) is 0 Å². The van der Waals surface area contributed by atoms with Crippen LogP contribution >= 0.6 is 0 Å². The van der Waals surface area contributed by atoms with Gasteiger partial charge in [0.2, 0.25) is 0 Å². The monoisotopic (exact) mass is 446 g/mol. The normalized spacial score (nSPS) is 13.4. The number of rotatable bonds is 6. The van der Waals surface area contributed by atoms with E-state index < -0.39 is 0 Å². The number of hydrogen-bond donors (Lipinski definition) is 1. The fraction of sp³-hybridized carbons (Fsp3) is 0.240. The molecule has 4 rings (SSSR count). The summed E-state index contributed by atoms with van der Waals surface area (Å²) < 4.78 is 10.6. The fourth-order valence-electron chi connectivity index (χ4n) is 3.74. The molecule has 3 aromatic rings. The number of nitrogens with zero attached hydrogens (tertiary/aromatic N) is 3. The second kappa shape index (κ2) is 10.0. The van der Waals surface area contributed by atoms with E-state index in [4.69, 9.17) is 9.47 Å². The van der Waals surface area contributed by atoms with Gasteiger partial charge in [-0.25, -0.2) is 0 Å². The Bertz CT molecular complexity index is 1090. The fourth-order valence-corrected chi connectivity index (χ4v) is 3.74. The zero-order valence-corrected chi connectivity index (χ0v) is 18.7. The maximum atomic E-state index is 13.0. The van der Waals surface area contributed by atoms with Crippen molar-refractivity contribution in [2.24, 2.45) is 0 Å². The molecule has 8 nitrogen and oxygen atoms in total. The molecule has 8 heteroatoms. The summed E-state index contributed by atoms with van der Waals surface area (Å²) in [4.78, 5) is 33.3. The lowest BCUT2D eigenvalue weighted by molar-refractivity contribution is 0.0746. The second-order valence-corrected chi connectivity index (χ2v) is 7.62. The molecule has 1 N–H and O–H groups in total. The number of amides is 2. The molecule has 1 saturated heterocycles. The van der Waals surface area contributed by atoms with E-state index >= 15 is 0 Å². The van der Waals surface area contributed by atoms with Crippen LogP contribution in [0.1, 0.15) is 20.7 Å². The molecule has 0 spiro atoms. The molecule has 1 aromatic heterocycles. The van der Waals surface area contributed by atoms with Gasteiger partial charge in [0, 0.05) is 61.6 Å². The molecule has 0 radical (unpaired) electrons. The lowest BCUT2D eigenvalue weighted by atomic mass is 10.1. The van der Waals surface area contributed by atoms with Crippen molar-refractivity contribution < 1.29 is 19.1 Å². The van der Waals surface area contributed by atoms with E-state index in [2.05, 4.69) is 15.2 Å². The first kappa shape index (κ1) is 22.1. The van der Waals surface area contributed by atoms with Crippen LogP contribution in [0.5, 0.6) is 11.5 Å². The molecule has 0 bridgehead atoms. The van der Waals surface area contributed by atoms with Crippen molar-refractivity contribution in [2.75, 3.05) is 50.6 Å². The number of carbonyl (C=O) groups excluding carboxylic acids is 2. The van der Waals surface area contributed by atoms with Gasteiger partial charge in [0.25, 0.3) is 11.8 Å². The largest absolute Gasteiger partial charge is 0.497 e. The zero-order valence-electron chi connectivity index (χ0n) is 18.7. The Morgan fingerprint density at radius 3 is 2.12 bits per heavy atom. The minimum absolute atomic E-state index is 0.0414. The Balaban J connectivity index is 1.35. The SMILES string of the molecule is COc1cc(OC)cc(C(=O)N2CCN(c3ccc(NC(=O)c4cccnc4)cc3)CC2)c1. The van der Waals surface area contributed by atoms with Gasteiger partial charge in [-0.15, -0.1) is 0 Å². The highest BCUT2D eigenvalue weighted by molar-refractivity contribution is 6.04. The lowest BCUT2D eigenvalue weighted by Gasteiger charge is -2.36. The number of nitrogens with one attached hydrogen (secondary N) is 1. The molecular weight excluding hydrogens is 420 g/mol. The summed E-state index contributed by atoms with van der Waals surface area (Å²) in [6.07, 6.45) is 3.17. The third-order valence-electron chi connectivity index (χ3n) is 5.58. The summed E-state index contributed by atoms with van der Waals surface area (Å²) in [6, 6.07) is 16.4. The van der Waals surface area contributed by atoms with Crippen molar-refractivity contribution in [1.29, 1.82) is 0 Å². The van der Waals surface area contributed by atoms with E-state index in [1.807, 2.05) is 29.2 Å². The maximum Gasteiger partial charge on any atom is 0.257 e. The highest BCUT2D eigenvalue weighted by atomic mass is 16.5. The molecule has 1 aliphatic rings. The number of pyridine rings is 1. The average molecular weight is 447 g/mol. The number of carbonyl (C=O) groups is 2.